The van der Waals surface area contributed by atoms with Crippen LogP contribution in [0.25, 0.3) is 5.57 Å². The SMILES string of the molecule is C[C@@H](O)[C@@H]1NC(=O)[C@H](CCCCN)NC(=O)[C@@H](CC2=CCc3ccccc32)NC(=O)[C@H](Cc2ccccc2)CC(=O)[C@@H](NC(=O)[C@H](N)Cc2ccccc2)CSSC[C@@H](C(=O)N[C@H](CO)[C@@H](C)O)NC1=O. The second-order valence-corrected chi connectivity index (χ2v) is 20.6. The number of benzene rings is 3. The van der Waals surface area contributed by atoms with Crippen LogP contribution < -0.4 is 43.4 Å². The number of nitrogens with one attached hydrogen (secondary N) is 6. The van der Waals surface area contributed by atoms with Gasteiger partial charge in [-0.1, -0.05) is 113 Å². The fraction of sp³-hybridized carbons (Fsp3) is 0.471. The number of carbonyl (C=O) groups excluding carboxylic acids is 7. The number of Topliss-reactive ketones (excluding diaryl/α,β-unsaturated/α-hetero) is 1. The molecule has 0 aromatic heterocycles. The Kier molecular flexibility index (Phi) is 22.6. The highest BCUT2D eigenvalue weighted by atomic mass is 33.1. The number of ketones is 1. The van der Waals surface area contributed by atoms with Gasteiger partial charge in [0.05, 0.1) is 36.9 Å². The van der Waals surface area contributed by atoms with E-state index in [0.29, 0.717) is 19.3 Å². The summed E-state index contributed by atoms with van der Waals surface area (Å²) in [6.07, 6.45) is 0.649. The highest BCUT2D eigenvalue weighted by Crippen LogP contribution is 2.31. The van der Waals surface area contributed by atoms with E-state index < -0.39 is 108 Å². The molecule has 384 valence electrons. The Morgan fingerprint density at radius 3 is 2.06 bits per heavy atom. The Labute approximate surface area is 422 Å². The van der Waals surface area contributed by atoms with Gasteiger partial charge in [0.2, 0.25) is 35.4 Å². The number of hydrogen-bond acceptors (Lipinski definition) is 14. The third-order valence-corrected chi connectivity index (χ3v) is 14.8. The van der Waals surface area contributed by atoms with Crippen molar-refractivity contribution in [2.75, 3.05) is 24.7 Å². The first-order chi connectivity index (χ1) is 34.1. The van der Waals surface area contributed by atoms with Crippen LogP contribution in [0.1, 0.15) is 68.2 Å². The highest BCUT2D eigenvalue weighted by molar-refractivity contribution is 8.76. The number of rotatable bonds is 17. The van der Waals surface area contributed by atoms with Gasteiger partial charge in [-0.15, -0.1) is 0 Å². The van der Waals surface area contributed by atoms with Crippen LogP contribution in [0.5, 0.6) is 0 Å². The molecule has 1 heterocycles. The summed E-state index contributed by atoms with van der Waals surface area (Å²) in [6.45, 7) is 2.27. The summed E-state index contributed by atoms with van der Waals surface area (Å²) >= 11 is 0. The smallest absolute Gasteiger partial charge is 0.245 e. The number of allylic oxidation sites excluding steroid dienone is 1. The second-order valence-electron chi connectivity index (χ2n) is 18.0. The van der Waals surface area contributed by atoms with Gasteiger partial charge in [-0.3, -0.25) is 33.6 Å². The van der Waals surface area contributed by atoms with Crippen LogP contribution in [0.4, 0.5) is 0 Å². The molecule has 6 amide bonds. The van der Waals surface area contributed by atoms with Crippen molar-refractivity contribution in [1.82, 2.24) is 31.9 Å². The van der Waals surface area contributed by atoms with Gasteiger partial charge in [-0.2, -0.15) is 0 Å². The summed E-state index contributed by atoms with van der Waals surface area (Å²) in [5, 5.41) is 47.2. The number of amides is 6. The Morgan fingerprint density at radius 1 is 0.761 bits per heavy atom. The van der Waals surface area contributed by atoms with Gasteiger partial charge in [-0.25, -0.2) is 0 Å². The first-order valence-electron chi connectivity index (χ1n) is 24.0. The first kappa shape index (κ1) is 56.3. The highest BCUT2D eigenvalue weighted by Gasteiger charge is 2.37. The number of unbranched alkanes of at least 4 members (excludes halogenated alkanes) is 1. The van der Waals surface area contributed by atoms with Crippen molar-refractivity contribution in [3.05, 3.63) is 113 Å². The van der Waals surface area contributed by atoms with E-state index in [-0.39, 0.29) is 50.2 Å². The Hall–Kier alpha value is -5.61. The van der Waals surface area contributed by atoms with Crippen LogP contribution in [-0.2, 0) is 52.8 Å². The molecule has 0 radical (unpaired) electrons. The molecule has 1 fully saturated rings. The van der Waals surface area contributed by atoms with Crippen molar-refractivity contribution in [3.8, 4) is 0 Å². The molecule has 13 N–H and O–H groups in total. The number of aliphatic hydroxyl groups excluding tert-OH is 3. The van der Waals surface area contributed by atoms with Crippen LogP contribution in [0, 0.1) is 5.92 Å². The lowest BCUT2D eigenvalue weighted by molar-refractivity contribution is -0.136. The lowest BCUT2D eigenvalue weighted by Crippen LogP contribution is -2.61. The topological polar surface area (TPSA) is 304 Å². The Balaban J connectivity index is 1.56. The second kappa shape index (κ2) is 28.4. The molecule has 0 unspecified atom stereocenters. The van der Waals surface area contributed by atoms with Gasteiger partial charge >= 0.3 is 0 Å². The van der Waals surface area contributed by atoms with E-state index in [9.17, 15) is 48.9 Å². The van der Waals surface area contributed by atoms with E-state index in [1.807, 2.05) is 78.9 Å². The van der Waals surface area contributed by atoms with E-state index in [4.69, 9.17) is 11.5 Å². The van der Waals surface area contributed by atoms with Crippen molar-refractivity contribution < 1.29 is 48.9 Å². The molecule has 0 bridgehead atoms. The lowest BCUT2D eigenvalue weighted by atomic mass is 9.90. The largest absolute Gasteiger partial charge is 0.394 e. The fourth-order valence-electron chi connectivity index (χ4n) is 8.23. The molecule has 2 aliphatic rings. The average Bonchev–Trinajstić information content (AvgIpc) is 3.76. The molecule has 10 atom stereocenters. The van der Waals surface area contributed by atoms with Gasteiger partial charge in [-0.05, 0) is 86.7 Å². The molecule has 18 nitrogen and oxygen atoms in total. The molecular formula is C51H68N8O10S2. The number of aliphatic hydroxyl groups is 3. The van der Waals surface area contributed by atoms with Crippen LogP contribution >= 0.6 is 21.6 Å². The monoisotopic (exact) mass is 1020 g/mol. The maximum atomic E-state index is 14.8. The predicted octanol–water partition coefficient (Wildman–Crippen LogP) is 0.591. The summed E-state index contributed by atoms with van der Waals surface area (Å²) in [5.41, 5.74) is 16.4. The minimum atomic E-state index is -1.65. The standard InChI is InChI=1S/C51H68N8O10S2/c1-30(61)41(27-60)56-50(68)43-29-71-70-28-42(57-47(65)38(53)24-33-15-7-4-8-16-33)44(63)26-36(23-32-13-5-3-6-14-32)46(64)55-40(25-35-21-20-34-17-9-10-18-37(34)35)49(67)54-39(19-11-12-22-52)48(66)59-45(31(2)62)51(69)58-43/h3-10,13-18,21,30-31,36,38-43,45,60-62H,11-12,19-20,22-29,52-53H2,1-2H3,(H,54,67)(H,55,64)(H,56,68)(H,57,65)(H,58,69)(H,59,66)/t30-,31-,36-,38-,39+,40-,41-,42+,43+,45+/m1/s1. The van der Waals surface area contributed by atoms with Gasteiger partial charge in [0, 0.05) is 30.3 Å². The third-order valence-electron chi connectivity index (χ3n) is 12.4. The number of nitrogens with two attached hydrogens (primary N) is 2. The lowest BCUT2D eigenvalue weighted by Gasteiger charge is -2.29. The molecule has 0 spiro atoms. The predicted molar refractivity (Wildman–Crippen MR) is 274 cm³/mol. The normalized spacial score (nSPS) is 23.5. The molecule has 20 heteroatoms. The van der Waals surface area contributed by atoms with E-state index in [1.165, 1.54) is 13.8 Å². The summed E-state index contributed by atoms with van der Waals surface area (Å²) in [4.78, 5) is 99.9. The summed E-state index contributed by atoms with van der Waals surface area (Å²) in [6, 6.07) is 16.8. The van der Waals surface area contributed by atoms with Crippen molar-refractivity contribution in [2.45, 2.75) is 120 Å². The van der Waals surface area contributed by atoms with Gasteiger partial charge in [0.25, 0.3) is 0 Å². The average molecular weight is 1020 g/mol. The zero-order valence-electron chi connectivity index (χ0n) is 40.1. The zero-order chi connectivity index (χ0) is 51.5. The van der Waals surface area contributed by atoms with Crippen molar-refractivity contribution in [3.63, 3.8) is 0 Å². The molecule has 3 aromatic carbocycles. The number of fused-ring (bicyclic) bond motifs is 1. The van der Waals surface area contributed by atoms with E-state index in [2.05, 4.69) is 31.9 Å². The van der Waals surface area contributed by atoms with Gasteiger partial charge < -0.3 is 58.7 Å². The molecular weight excluding hydrogens is 949 g/mol. The Morgan fingerprint density at radius 2 is 1.39 bits per heavy atom. The van der Waals surface area contributed by atoms with Crippen molar-refractivity contribution >= 4 is 68.4 Å². The molecule has 1 saturated heterocycles. The number of hydrogen-bond donors (Lipinski definition) is 11. The fourth-order valence-corrected chi connectivity index (χ4v) is 10.6. The molecule has 3 aromatic rings. The van der Waals surface area contributed by atoms with Crippen LogP contribution in [0.2, 0.25) is 0 Å². The van der Waals surface area contributed by atoms with Crippen molar-refractivity contribution in [1.29, 1.82) is 0 Å². The van der Waals surface area contributed by atoms with Gasteiger partial charge in [0.1, 0.15) is 24.2 Å². The minimum Gasteiger partial charge on any atom is -0.394 e. The third kappa shape index (κ3) is 17.3. The molecule has 1 aliphatic carbocycles. The van der Waals surface area contributed by atoms with Crippen LogP contribution in [0.3, 0.4) is 0 Å². The summed E-state index contributed by atoms with van der Waals surface area (Å²) in [7, 11) is 2.14. The van der Waals surface area contributed by atoms with Gasteiger partial charge in [0.15, 0.2) is 5.78 Å². The van der Waals surface area contributed by atoms with E-state index >= 15 is 0 Å². The molecule has 0 saturated carbocycles. The maximum Gasteiger partial charge on any atom is 0.245 e. The van der Waals surface area contributed by atoms with Crippen LogP contribution in [-0.4, -0.2) is 136 Å². The maximum absolute atomic E-state index is 14.8. The van der Waals surface area contributed by atoms with Crippen molar-refractivity contribution in [2.24, 2.45) is 17.4 Å². The molecule has 71 heavy (non-hydrogen) atoms. The Bertz CT molecular complexity index is 2310. The minimum absolute atomic E-state index is 0.0118. The van der Waals surface area contributed by atoms with E-state index in [0.717, 1.165) is 49.4 Å². The zero-order valence-corrected chi connectivity index (χ0v) is 41.7. The summed E-state index contributed by atoms with van der Waals surface area (Å²) < 4.78 is 0. The quantitative estimate of drug-likeness (QED) is 0.0652. The van der Waals surface area contributed by atoms with Crippen LogP contribution in [0.15, 0.2) is 91.0 Å². The van der Waals surface area contributed by atoms with E-state index in [1.54, 1.807) is 12.1 Å². The number of carbonyl (C=O) groups is 7. The molecule has 1 aliphatic heterocycles. The first-order valence-corrected chi connectivity index (χ1v) is 26.4. The molecule has 5 rings (SSSR count). The summed E-state index contributed by atoms with van der Waals surface area (Å²) in [5.74, 6) is -6.42.